The molecule has 18 heavy (non-hydrogen) atoms. The first-order valence-electron chi connectivity index (χ1n) is 5.39. The molecule has 0 bridgehead atoms. The zero-order valence-electron chi connectivity index (χ0n) is 9.71. The predicted octanol–water partition coefficient (Wildman–Crippen LogP) is 4.51. The summed E-state index contributed by atoms with van der Waals surface area (Å²) in [6.45, 7) is 2.00. The van der Waals surface area contributed by atoms with Crippen LogP contribution in [0, 0.1) is 10.5 Å². The van der Waals surface area contributed by atoms with Crippen molar-refractivity contribution in [1.29, 1.82) is 0 Å². The normalized spacial score (nSPS) is 10.2. The van der Waals surface area contributed by atoms with Crippen LogP contribution in [-0.2, 0) is 0 Å². The third-order valence-electron chi connectivity index (χ3n) is 2.45. The number of aryl methyl sites for hydroxylation is 1. The van der Waals surface area contributed by atoms with Crippen LogP contribution in [0.15, 0.2) is 42.5 Å². The number of halogens is 2. The Kier molecular flexibility index (Phi) is 4.24. The van der Waals surface area contributed by atoms with Crippen LogP contribution in [0.25, 0.3) is 0 Å². The minimum Gasteiger partial charge on any atom is -0.322 e. The average Bonchev–Trinajstić information content (AvgIpc) is 2.28. The number of hydrogen-bond donors (Lipinski definition) is 1. The van der Waals surface area contributed by atoms with Crippen molar-refractivity contribution in [2.75, 3.05) is 5.32 Å². The van der Waals surface area contributed by atoms with Gasteiger partial charge in [0.1, 0.15) is 0 Å². The molecular weight excluding hydrogens is 361 g/mol. The van der Waals surface area contributed by atoms with Crippen LogP contribution in [0.5, 0.6) is 0 Å². The maximum absolute atomic E-state index is 12.1. The molecular formula is C14H11ClINO. The Hall–Kier alpha value is -1.07. The number of hydrogen-bond acceptors (Lipinski definition) is 1. The van der Waals surface area contributed by atoms with Crippen LogP contribution in [0.2, 0.25) is 5.02 Å². The van der Waals surface area contributed by atoms with E-state index in [0.717, 1.165) is 9.13 Å². The number of rotatable bonds is 2. The zero-order valence-corrected chi connectivity index (χ0v) is 12.6. The minimum atomic E-state index is -0.123. The molecule has 0 aliphatic rings. The molecule has 0 heterocycles. The van der Waals surface area contributed by atoms with Crippen LogP contribution < -0.4 is 5.32 Å². The number of nitrogens with one attached hydrogen (secondary N) is 1. The lowest BCUT2D eigenvalue weighted by Crippen LogP contribution is -2.13. The highest BCUT2D eigenvalue weighted by atomic mass is 127. The molecule has 0 unspecified atom stereocenters. The Morgan fingerprint density at radius 2 is 2.00 bits per heavy atom. The largest absolute Gasteiger partial charge is 0.322 e. The van der Waals surface area contributed by atoms with Gasteiger partial charge in [-0.2, -0.15) is 0 Å². The summed E-state index contributed by atoms with van der Waals surface area (Å²) in [6, 6.07) is 12.8. The Morgan fingerprint density at radius 1 is 1.22 bits per heavy atom. The summed E-state index contributed by atoms with van der Waals surface area (Å²) in [4.78, 5) is 12.1. The molecule has 4 heteroatoms. The lowest BCUT2D eigenvalue weighted by atomic mass is 10.1. The number of carbonyl (C=O) groups excluding carboxylic acids is 1. The fourth-order valence-electron chi connectivity index (χ4n) is 1.57. The molecule has 0 saturated carbocycles. The van der Waals surface area contributed by atoms with Crippen molar-refractivity contribution in [1.82, 2.24) is 0 Å². The molecule has 1 amide bonds. The maximum atomic E-state index is 12.1. The number of amides is 1. The standard InChI is InChI=1S/C14H11ClINO/c1-9-5-6-12(13(16)7-9)14(18)17-11-4-2-3-10(15)8-11/h2-8H,1H3,(H,17,18). The van der Waals surface area contributed by atoms with Crippen molar-refractivity contribution in [2.24, 2.45) is 0 Å². The van der Waals surface area contributed by atoms with Gasteiger partial charge < -0.3 is 5.32 Å². The van der Waals surface area contributed by atoms with Crippen molar-refractivity contribution in [3.63, 3.8) is 0 Å². The third-order valence-corrected chi connectivity index (χ3v) is 3.58. The van der Waals surface area contributed by atoms with E-state index in [2.05, 4.69) is 27.9 Å². The summed E-state index contributed by atoms with van der Waals surface area (Å²) in [6.07, 6.45) is 0. The van der Waals surface area contributed by atoms with Crippen molar-refractivity contribution in [2.45, 2.75) is 6.92 Å². The summed E-state index contributed by atoms with van der Waals surface area (Å²) in [5.74, 6) is -0.123. The van der Waals surface area contributed by atoms with Gasteiger partial charge in [0.2, 0.25) is 0 Å². The molecule has 0 saturated heterocycles. The Bertz CT molecular complexity index is 598. The van der Waals surface area contributed by atoms with Gasteiger partial charge in [0.15, 0.2) is 0 Å². The fraction of sp³-hybridized carbons (Fsp3) is 0.0714. The highest BCUT2D eigenvalue weighted by Gasteiger charge is 2.10. The second-order valence-electron chi connectivity index (χ2n) is 3.95. The fourth-order valence-corrected chi connectivity index (χ4v) is 2.68. The third kappa shape index (κ3) is 3.23. The van der Waals surface area contributed by atoms with Gasteiger partial charge in [-0.25, -0.2) is 0 Å². The van der Waals surface area contributed by atoms with E-state index >= 15 is 0 Å². The molecule has 0 fully saturated rings. The number of carbonyl (C=O) groups is 1. The quantitative estimate of drug-likeness (QED) is 0.774. The van der Waals surface area contributed by atoms with E-state index < -0.39 is 0 Å². The molecule has 0 aromatic heterocycles. The summed E-state index contributed by atoms with van der Waals surface area (Å²) >= 11 is 8.04. The van der Waals surface area contributed by atoms with Gasteiger partial charge in [-0.05, 0) is 59.8 Å². The molecule has 1 N–H and O–H groups in total. The maximum Gasteiger partial charge on any atom is 0.256 e. The molecule has 92 valence electrons. The second kappa shape index (κ2) is 5.71. The highest BCUT2D eigenvalue weighted by molar-refractivity contribution is 14.1. The summed E-state index contributed by atoms with van der Waals surface area (Å²) < 4.78 is 0.937. The molecule has 2 aromatic rings. The van der Waals surface area contributed by atoms with Gasteiger partial charge in [0, 0.05) is 14.3 Å². The zero-order chi connectivity index (χ0) is 13.1. The van der Waals surface area contributed by atoms with Crippen LogP contribution in [0.3, 0.4) is 0 Å². The molecule has 2 rings (SSSR count). The molecule has 0 aliphatic heterocycles. The van der Waals surface area contributed by atoms with Crippen LogP contribution in [-0.4, -0.2) is 5.91 Å². The minimum absolute atomic E-state index is 0.123. The molecule has 2 nitrogen and oxygen atoms in total. The molecule has 0 radical (unpaired) electrons. The summed E-state index contributed by atoms with van der Waals surface area (Å²) in [5, 5.41) is 3.43. The van der Waals surface area contributed by atoms with Gasteiger partial charge >= 0.3 is 0 Å². The van der Waals surface area contributed by atoms with Crippen molar-refractivity contribution in [3.8, 4) is 0 Å². The van der Waals surface area contributed by atoms with Crippen LogP contribution in [0.1, 0.15) is 15.9 Å². The number of benzene rings is 2. The molecule has 0 atom stereocenters. The number of anilines is 1. The first kappa shape index (κ1) is 13.4. The topological polar surface area (TPSA) is 29.1 Å². The lowest BCUT2D eigenvalue weighted by molar-refractivity contribution is 0.102. The lowest BCUT2D eigenvalue weighted by Gasteiger charge is -2.07. The van der Waals surface area contributed by atoms with Crippen LogP contribution >= 0.6 is 34.2 Å². The van der Waals surface area contributed by atoms with E-state index in [1.54, 1.807) is 18.2 Å². The smallest absolute Gasteiger partial charge is 0.256 e. The van der Waals surface area contributed by atoms with Gasteiger partial charge in [-0.15, -0.1) is 0 Å². The average molecular weight is 372 g/mol. The van der Waals surface area contributed by atoms with Gasteiger partial charge in [0.05, 0.1) is 5.56 Å². The van der Waals surface area contributed by atoms with Gasteiger partial charge in [0.25, 0.3) is 5.91 Å². The molecule has 2 aromatic carbocycles. The van der Waals surface area contributed by atoms with Crippen molar-refractivity contribution >= 4 is 45.8 Å². The van der Waals surface area contributed by atoms with E-state index in [9.17, 15) is 4.79 Å². The summed E-state index contributed by atoms with van der Waals surface area (Å²) in [5.41, 5.74) is 2.50. The van der Waals surface area contributed by atoms with E-state index in [1.807, 2.05) is 31.2 Å². The van der Waals surface area contributed by atoms with E-state index in [-0.39, 0.29) is 5.91 Å². The predicted molar refractivity (Wildman–Crippen MR) is 83.3 cm³/mol. The van der Waals surface area contributed by atoms with Gasteiger partial charge in [-0.1, -0.05) is 29.3 Å². The second-order valence-corrected chi connectivity index (χ2v) is 5.55. The monoisotopic (exact) mass is 371 g/mol. The van der Waals surface area contributed by atoms with Crippen molar-refractivity contribution in [3.05, 3.63) is 62.2 Å². The van der Waals surface area contributed by atoms with E-state index in [1.165, 1.54) is 0 Å². The first-order chi connectivity index (χ1) is 8.56. The Balaban J connectivity index is 2.22. The SMILES string of the molecule is Cc1ccc(C(=O)Nc2cccc(Cl)c2)c(I)c1. The Labute approximate surface area is 124 Å². The van der Waals surface area contributed by atoms with E-state index in [0.29, 0.717) is 16.3 Å². The van der Waals surface area contributed by atoms with Gasteiger partial charge in [-0.3, -0.25) is 4.79 Å². The Morgan fingerprint density at radius 3 is 2.67 bits per heavy atom. The van der Waals surface area contributed by atoms with E-state index in [4.69, 9.17) is 11.6 Å². The summed E-state index contributed by atoms with van der Waals surface area (Å²) in [7, 11) is 0. The van der Waals surface area contributed by atoms with Crippen LogP contribution in [0.4, 0.5) is 5.69 Å². The first-order valence-corrected chi connectivity index (χ1v) is 6.85. The highest BCUT2D eigenvalue weighted by Crippen LogP contribution is 2.18. The van der Waals surface area contributed by atoms with Crippen molar-refractivity contribution < 1.29 is 4.79 Å². The molecule has 0 aliphatic carbocycles. The molecule has 0 spiro atoms.